The van der Waals surface area contributed by atoms with Crippen LogP contribution in [-0.2, 0) is 4.79 Å². The van der Waals surface area contributed by atoms with Gasteiger partial charge < -0.3 is 5.11 Å². The number of carbonyl (C=O) groups excluding carboxylic acids is 1. The van der Waals surface area contributed by atoms with E-state index in [1.54, 1.807) is 0 Å². The summed E-state index contributed by atoms with van der Waals surface area (Å²) < 4.78 is 0.625. The molecule has 2 aliphatic heterocycles. The van der Waals surface area contributed by atoms with Gasteiger partial charge in [-0.25, -0.2) is 4.59 Å². The summed E-state index contributed by atoms with van der Waals surface area (Å²) in [6.07, 6.45) is 2.80. The van der Waals surface area contributed by atoms with E-state index < -0.39 is 6.10 Å². The Bertz CT molecular complexity index is 199. The number of aliphatic hydroxyl groups is 1. The molecule has 4 nitrogen and oxygen atoms in total. The molecular weight excluding hydrogens is 156 g/mol. The number of hydrogen-bond acceptors (Lipinski definition) is 2. The maximum atomic E-state index is 11.1. The van der Waals surface area contributed by atoms with Gasteiger partial charge in [-0.2, -0.15) is 5.43 Å². The number of piperidine rings is 1. The van der Waals surface area contributed by atoms with Crippen molar-refractivity contribution in [3.05, 3.63) is 0 Å². The standard InChI is InChI=1S/C8H14N2O2/c11-7-6-10(9-8(7)12)4-2-1-3-5-10/h7,11H,1-6H2/p+1. The molecule has 0 aromatic rings. The molecule has 2 rings (SSSR count). The van der Waals surface area contributed by atoms with Crippen molar-refractivity contribution in [2.75, 3.05) is 19.6 Å². The van der Waals surface area contributed by atoms with Crippen LogP contribution >= 0.6 is 0 Å². The average molecular weight is 171 g/mol. The molecule has 1 unspecified atom stereocenters. The van der Waals surface area contributed by atoms with Crippen molar-refractivity contribution in [1.29, 1.82) is 0 Å². The summed E-state index contributed by atoms with van der Waals surface area (Å²) in [7, 11) is 0. The van der Waals surface area contributed by atoms with Gasteiger partial charge in [-0.1, -0.05) is 0 Å². The minimum atomic E-state index is -0.775. The summed E-state index contributed by atoms with van der Waals surface area (Å²) >= 11 is 0. The average Bonchev–Trinajstić information content (AvgIpc) is 2.29. The minimum Gasteiger partial charge on any atom is -0.378 e. The lowest BCUT2D eigenvalue weighted by atomic mass is 10.1. The summed E-state index contributed by atoms with van der Waals surface area (Å²) in [6.45, 7) is 2.55. The monoisotopic (exact) mass is 171 g/mol. The van der Waals surface area contributed by atoms with E-state index in [-0.39, 0.29) is 5.91 Å². The van der Waals surface area contributed by atoms with Crippen molar-refractivity contribution in [1.82, 2.24) is 5.43 Å². The molecule has 2 saturated heterocycles. The largest absolute Gasteiger partial charge is 0.378 e. The van der Waals surface area contributed by atoms with Crippen LogP contribution in [0, 0.1) is 0 Å². The van der Waals surface area contributed by atoms with E-state index in [9.17, 15) is 9.90 Å². The molecule has 2 heterocycles. The molecule has 0 radical (unpaired) electrons. The zero-order valence-corrected chi connectivity index (χ0v) is 7.12. The molecule has 2 fully saturated rings. The van der Waals surface area contributed by atoms with Crippen molar-refractivity contribution in [3.63, 3.8) is 0 Å². The highest BCUT2D eigenvalue weighted by atomic mass is 16.3. The number of rotatable bonds is 0. The number of amides is 1. The van der Waals surface area contributed by atoms with Crippen LogP contribution in [0.3, 0.4) is 0 Å². The van der Waals surface area contributed by atoms with E-state index >= 15 is 0 Å². The number of nitrogens with one attached hydrogen (secondary N) is 1. The number of quaternary nitrogens is 1. The second kappa shape index (κ2) is 2.71. The van der Waals surface area contributed by atoms with E-state index in [2.05, 4.69) is 5.43 Å². The normalized spacial score (nSPS) is 33.8. The van der Waals surface area contributed by atoms with Gasteiger partial charge in [0.15, 0.2) is 6.10 Å². The topological polar surface area (TPSA) is 49.3 Å². The summed E-state index contributed by atoms with van der Waals surface area (Å²) in [5, 5.41) is 9.29. The Hall–Kier alpha value is -0.610. The molecule has 2 aliphatic rings. The highest BCUT2D eigenvalue weighted by molar-refractivity contribution is 5.80. The van der Waals surface area contributed by atoms with Crippen LogP contribution in [0.4, 0.5) is 0 Å². The summed E-state index contributed by atoms with van der Waals surface area (Å²) in [5.74, 6) is -0.197. The summed E-state index contributed by atoms with van der Waals surface area (Å²) in [6, 6.07) is 0. The van der Waals surface area contributed by atoms with Crippen molar-refractivity contribution in [3.8, 4) is 0 Å². The van der Waals surface area contributed by atoms with E-state index in [4.69, 9.17) is 0 Å². The first-order valence-electron chi connectivity index (χ1n) is 4.58. The third-order valence-electron chi connectivity index (χ3n) is 2.84. The first-order chi connectivity index (χ1) is 5.72. The molecule has 68 valence electrons. The highest BCUT2D eigenvalue weighted by Crippen LogP contribution is 2.20. The fourth-order valence-corrected chi connectivity index (χ4v) is 2.18. The smallest absolute Gasteiger partial charge is 0.299 e. The van der Waals surface area contributed by atoms with Crippen molar-refractivity contribution in [2.45, 2.75) is 25.4 Å². The van der Waals surface area contributed by atoms with Gasteiger partial charge in [0.2, 0.25) is 0 Å². The molecule has 0 bridgehead atoms. The second-order valence-corrected chi connectivity index (χ2v) is 3.83. The molecule has 12 heavy (non-hydrogen) atoms. The van der Waals surface area contributed by atoms with Gasteiger partial charge in [-0.3, -0.25) is 4.79 Å². The Morgan fingerprint density at radius 3 is 2.50 bits per heavy atom. The third-order valence-corrected chi connectivity index (χ3v) is 2.84. The maximum absolute atomic E-state index is 11.1. The number of nitrogens with zero attached hydrogens (tertiary/aromatic N) is 1. The van der Waals surface area contributed by atoms with Crippen LogP contribution in [0.25, 0.3) is 0 Å². The minimum absolute atomic E-state index is 0.197. The molecular formula is C8H15N2O2+. The molecule has 0 aromatic carbocycles. The number of aliphatic hydroxyl groups excluding tert-OH is 1. The zero-order chi connectivity index (χ0) is 8.60. The molecule has 0 saturated carbocycles. The van der Waals surface area contributed by atoms with Crippen molar-refractivity contribution >= 4 is 5.91 Å². The Balaban J connectivity index is 2.07. The Labute approximate surface area is 71.7 Å². The SMILES string of the molecule is O=C1N[N+]2(CCCCC2)CC1O. The first-order valence-corrected chi connectivity index (χ1v) is 4.58. The van der Waals surface area contributed by atoms with Crippen molar-refractivity contribution < 1.29 is 14.5 Å². The van der Waals surface area contributed by atoms with Crippen LogP contribution in [0.2, 0.25) is 0 Å². The van der Waals surface area contributed by atoms with Crippen molar-refractivity contribution in [2.24, 2.45) is 0 Å². The zero-order valence-electron chi connectivity index (χ0n) is 7.12. The lowest BCUT2D eigenvalue weighted by Gasteiger charge is -2.35. The van der Waals surface area contributed by atoms with Gasteiger partial charge in [-0.05, 0) is 19.3 Å². The van der Waals surface area contributed by atoms with E-state index in [0.717, 1.165) is 25.9 Å². The fraction of sp³-hybridized carbons (Fsp3) is 0.875. The van der Waals surface area contributed by atoms with Gasteiger partial charge >= 0.3 is 0 Å². The van der Waals surface area contributed by atoms with Gasteiger partial charge in [0.05, 0.1) is 0 Å². The number of hydrogen-bond donors (Lipinski definition) is 2. The number of carbonyl (C=O) groups is 1. The third kappa shape index (κ3) is 1.21. The lowest BCUT2D eigenvalue weighted by Crippen LogP contribution is -2.57. The van der Waals surface area contributed by atoms with Gasteiger partial charge in [0, 0.05) is 0 Å². The second-order valence-electron chi connectivity index (χ2n) is 3.83. The van der Waals surface area contributed by atoms with Gasteiger partial charge in [0.1, 0.15) is 19.6 Å². The van der Waals surface area contributed by atoms with Gasteiger partial charge in [-0.15, -0.1) is 0 Å². The summed E-state index contributed by atoms with van der Waals surface area (Å²) in [5.41, 5.74) is 2.87. The Kier molecular flexibility index (Phi) is 1.81. The quantitative estimate of drug-likeness (QED) is 0.478. The highest BCUT2D eigenvalue weighted by Gasteiger charge is 2.44. The van der Waals surface area contributed by atoms with Crippen LogP contribution in [0.15, 0.2) is 0 Å². The van der Waals surface area contributed by atoms with E-state index in [1.807, 2.05) is 0 Å². The maximum Gasteiger partial charge on any atom is 0.299 e. The fourth-order valence-electron chi connectivity index (χ4n) is 2.18. The Morgan fingerprint density at radius 2 is 2.00 bits per heavy atom. The summed E-state index contributed by atoms with van der Waals surface area (Å²) in [4.78, 5) is 11.1. The molecule has 1 amide bonds. The Morgan fingerprint density at radius 1 is 1.33 bits per heavy atom. The van der Waals surface area contributed by atoms with Crippen LogP contribution < -0.4 is 5.43 Å². The molecule has 0 aliphatic carbocycles. The molecule has 1 spiro atoms. The molecule has 4 heteroatoms. The van der Waals surface area contributed by atoms with Crippen LogP contribution in [-0.4, -0.2) is 41.3 Å². The van der Waals surface area contributed by atoms with Crippen LogP contribution in [0.1, 0.15) is 19.3 Å². The molecule has 1 atom stereocenters. The van der Waals surface area contributed by atoms with Gasteiger partial charge in [0.25, 0.3) is 5.91 Å². The first kappa shape index (κ1) is 8.01. The molecule has 2 N–H and O–H groups in total. The lowest BCUT2D eigenvalue weighted by molar-refractivity contribution is -0.958. The predicted octanol–water partition coefficient (Wildman–Crippen LogP) is -0.607. The van der Waals surface area contributed by atoms with Crippen LogP contribution in [0.5, 0.6) is 0 Å². The predicted molar refractivity (Wildman–Crippen MR) is 42.9 cm³/mol. The van der Waals surface area contributed by atoms with E-state index in [0.29, 0.717) is 11.1 Å². The molecule has 0 aromatic heterocycles. The van der Waals surface area contributed by atoms with E-state index in [1.165, 1.54) is 6.42 Å².